The lowest BCUT2D eigenvalue weighted by molar-refractivity contribution is 0.0660. The molecule has 0 fully saturated rings. The van der Waals surface area contributed by atoms with Crippen LogP contribution in [0, 0.1) is 5.41 Å². The summed E-state index contributed by atoms with van der Waals surface area (Å²) in [4.78, 5) is 11.4. The average Bonchev–Trinajstić information content (AvgIpc) is 2.43. The van der Waals surface area contributed by atoms with Crippen molar-refractivity contribution in [2.45, 2.75) is 13.5 Å². The Labute approximate surface area is 106 Å². The Kier molecular flexibility index (Phi) is 5.61. The van der Waals surface area contributed by atoms with Crippen LogP contribution in [0.15, 0.2) is 30.3 Å². The fourth-order valence-electron chi connectivity index (χ4n) is 1.22. The minimum absolute atomic E-state index is 0.160. The number of nitrogens with one attached hydrogen (secondary N) is 1. The van der Waals surface area contributed by atoms with E-state index in [0.717, 1.165) is 5.56 Å². The van der Waals surface area contributed by atoms with Crippen molar-refractivity contribution in [3.63, 3.8) is 0 Å². The molecule has 100 valence electrons. The van der Waals surface area contributed by atoms with Crippen LogP contribution < -0.4 is 5.32 Å². The first-order valence-electron chi connectivity index (χ1n) is 5.76. The number of hydrogen-bond donors (Lipinski definition) is 3. The highest BCUT2D eigenvalue weighted by molar-refractivity contribution is 5.67. The molecule has 0 unspecified atom stereocenters. The lowest BCUT2D eigenvalue weighted by atomic mass is 9.93. The Morgan fingerprint density at radius 3 is 2.44 bits per heavy atom. The maximum Gasteiger partial charge on any atom is 0.407 e. The Balaban J connectivity index is 2.30. The van der Waals surface area contributed by atoms with Crippen molar-refractivity contribution in [3.8, 4) is 0 Å². The van der Waals surface area contributed by atoms with E-state index < -0.39 is 11.5 Å². The molecule has 0 aliphatic carbocycles. The monoisotopic (exact) mass is 253 g/mol. The molecule has 3 N–H and O–H groups in total. The van der Waals surface area contributed by atoms with Gasteiger partial charge in [0.05, 0.1) is 13.2 Å². The van der Waals surface area contributed by atoms with Gasteiger partial charge in [0.2, 0.25) is 0 Å². The van der Waals surface area contributed by atoms with Gasteiger partial charge in [0.1, 0.15) is 6.61 Å². The van der Waals surface area contributed by atoms with E-state index in [9.17, 15) is 4.79 Å². The van der Waals surface area contributed by atoms with Crippen LogP contribution in [-0.2, 0) is 11.3 Å². The first-order chi connectivity index (χ1) is 8.59. The zero-order valence-electron chi connectivity index (χ0n) is 10.4. The molecule has 0 bridgehead atoms. The molecule has 0 radical (unpaired) electrons. The maximum absolute atomic E-state index is 11.4. The summed E-state index contributed by atoms with van der Waals surface area (Å²) in [6.45, 7) is 1.62. The second-order valence-corrected chi connectivity index (χ2v) is 4.54. The third-order valence-electron chi connectivity index (χ3n) is 2.64. The maximum atomic E-state index is 11.4. The number of ether oxygens (including phenoxy) is 1. The lowest BCUT2D eigenvalue weighted by Gasteiger charge is -2.24. The summed E-state index contributed by atoms with van der Waals surface area (Å²) in [5, 5.41) is 20.6. The molecule has 5 heteroatoms. The molecule has 0 aromatic heterocycles. The predicted octanol–water partition coefficient (Wildman–Crippen LogP) is 0.904. The van der Waals surface area contributed by atoms with Gasteiger partial charge in [-0.15, -0.1) is 0 Å². The number of amides is 1. The molecule has 5 nitrogen and oxygen atoms in total. The molecule has 1 aromatic rings. The minimum atomic E-state index is -0.730. The number of aliphatic hydroxyl groups is 2. The molecule has 0 spiro atoms. The van der Waals surface area contributed by atoms with Gasteiger partial charge in [-0.05, 0) is 5.56 Å². The largest absolute Gasteiger partial charge is 0.445 e. The van der Waals surface area contributed by atoms with E-state index in [1.165, 1.54) is 0 Å². The molecule has 0 atom stereocenters. The first kappa shape index (κ1) is 14.5. The lowest BCUT2D eigenvalue weighted by Crippen LogP contribution is -2.40. The Hall–Kier alpha value is -1.59. The number of carbonyl (C=O) groups is 1. The van der Waals surface area contributed by atoms with Crippen LogP contribution >= 0.6 is 0 Å². The zero-order chi connectivity index (χ0) is 13.4. The fourth-order valence-corrected chi connectivity index (χ4v) is 1.22. The number of alkyl carbamates (subject to hydrolysis) is 1. The van der Waals surface area contributed by atoms with Gasteiger partial charge in [-0.3, -0.25) is 0 Å². The topological polar surface area (TPSA) is 78.8 Å². The van der Waals surface area contributed by atoms with Crippen LogP contribution in [-0.4, -0.2) is 36.1 Å². The van der Waals surface area contributed by atoms with E-state index in [0.29, 0.717) is 0 Å². The average molecular weight is 253 g/mol. The van der Waals surface area contributed by atoms with Gasteiger partial charge in [0.25, 0.3) is 0 Å². The molecule has 1 rings (SSSR count). The predicted molar refractivity (Wildman–Crippen MR) is 66.9 cm³/mol. The molecular weight excluding hydrogens is 234 g/mol. The first-order valence-corrected chi connectivity index (χ1v) is 5.76. The standard InChI is InChI=1S/C13H19NO4/c1-13(9-15,10-16)8-14-12(17)18-7-11-5-3-2-4-6-11/h2-6,15-16H,7-10H2,1H3,(H,14,17). The summed E-state index contributed by atoms with van der Waals surface area (Å²) in [5.74, 6) is 0. The molecule has 1 aromatic carbocycles. The number of hydrogen-bond acceptors (Lipinski definition) is 4. The fraction of sp³-hybridized carbons (Fsp3) is 0.462. The van der Waals surface area contributed by atoms with Gasteiger partial charge in [0.15, 0.2) is 0 Å². The van der Waals surface area contributed by atoms with E-state index in [4.69, 9.17) is 14.9 Å². The minimum Gasteiger partial charge on any atom is -0.445 e. The Bertz CT molecular complexity index is 363. The van der Waals surface area contributed by atoms with Crippen LogP contribution in [0.2, 0.25) is 0 Å². The highest BCUT2D eigenvalue weighted by Gasteiger charge is 2.23. The molecule has 0 heterocycles. The van der Waals surface area contributed by atoms with Crippen molar-refractivity contribution in [2.24, 2.45) is 5.41 Å². The molecular formula is C13H19NO4. The van der Waals surface area contributed by atoms with Crippen molar-refractivity contribution < 1.29 is 19.7 Å². The van der Waals surface area contributed by atoms with Gasteiger partial charge in [-0.2, -0.15) is 0 Å². The van der Waals surface area contributed by atoms with Crippen molar-refractivity contribution in [1.82, 2.24) is 5.32 Å². The smallest absolute Gasteiger partial charge is 0.407 e. The Morgan fingerprint density at radius 2 is 1.89 bits per heavy atom. The third-order valence-corrected chi connectivity index (χ3v) is 2.64. The number of aliphatic hydroxyl groups excluding tert-OH is 2. The molecule has 0 aliphatic rings. The van der Waals surface area contributed by atoms with Crippen LogP contribution in [0.25, 0.3) is 0 Å². The van der Waals surface area contributed by atoms with Gasteiger partial charge in [0, 0.05) is 12.0 Å². The summed E-state index contributed by atoms with van der Waals surface area (Å²) in [6.07, 6.45) is -0.563. The number of rotatable bonds is 6. The summed E-state index contributed by atoms with van der Waals surface area (Å²) in [6, 6.07) is 9.34. The highest BCUT2D eigenvalue weighted by Crippen LogP contribution is 2.12. The summed E-state index contributed by atoms with van der Waals surface area (Å²) in [7, 11) is 0. The van der Waals surface area contributed by atoms with E-state index in [1.54, 1.807) is 6.92 Å². The van der Waals surface area contributed by atoms with Crippen molar-refractivity contribution >= 4 is 6.09 Å². The highest BCUT2D eigenvalue weighted by atomic mass is 16.5. The van der Waals surface area contributed by atoms with Gasteiger partial charge < -0.3 is 20.3 Å². The van der Waals surface area contributed by atoms with Crippen LogP contribution in [0.5, 0.6) is 0 Å². The molecule has 0 saturated heterocycles. The third kappa shape index (κ3) is 4.73. The van der Waals surface area contributed by atoms with Crippen LogP contribution in [0.1, 0.15) is 12.5 Å². The number of carbonyl (C=O) groups excluding carboxylic acids is 1. The van der Waals surface area contributed by atoms with E-state index in [1.807, 2.05) is 30.3 Å². The Morgan fingerprint density at radius 1 is 1.28 bits per heavy atom. The van der Waals surface area contributed by atoms with Gasteiger partial charge in [-0.25, -0.2) is 4.79 Å². The SMILES string of the molecule is CC(CO)(CO)CNC(=O)OCc1ccccc1. The molecule has 0 aliphatic heterocycles. The summed E-state index contributed by atoms with van der Waals surface area (Å²) >= 11 is 0. The van der Waals surface area contributed by atoms with Gasteiger partial charge >= 0.3 is 6.09 Å². The molecule has 0 saturated carbocycles. The molecule has 18 heavy (non-hydrogen) atoms. The summed E-state index contributed by atoms with van der Waals surface area (Å²) < 4.78 is 5.00. The van der Waals surface area contributed by atoms with Crippen molar-refractivity contribution in [1.29, 1.82) is 0 Å². The number of benzene rings is 1. The molecule has 1 amide bonds. The van der Waals surface area contributed by atoms with Gasteiger partial charge in [-0.1, -0.05) is 37.3 Å². The van der Waals surface area contributed by atoms with Crippen LogP contribution in [0.3, 0.4) is 0 Å². The van der Waals surface area contributed by atoms with Crippen molar-refractivity contribution in [3.05, 3.63) is 35.9 Å². The van der Waals surface area contributed by atoms with E-state index in [-0.39, 0.29) is 26.4 Å². The van der Waals surface area contributed by atoms with Crippen LogP contribution in [0.4, 0.5) is 4.79 Å². The van der Waals surface area contributed by atoms with E-state index >= 15 is 0 Å². The zero-order valence-corrected chi connectivity index (χ0v) is 10.4. The quantitative estimate of drug-likeness (QED) is 0.704. The van der Waals surface area contributed by atoms with E-state index in [2.05, 4.69) is 5.32 Å². The second kappa shape index (κ2) is 6.98. The summed E-state index contributed by atoms with van der Waals surface area (Å²) in [5.41, 5.74) is 0.172. The van der Waals surface area contributed by atoms with Crippen molar-refractivity contribution in [2.75, 3.05) is 19.8 Å². The second-order valence-electron chi connectivity index (χ2n) is 4.54. The normalized spacial score (nSPS) is 11.1.